The highest BCUT2D eigenvalue weighted by atomic mass is 32.2. The van der Waals surface area contributed by atoms with Crippen molar-refractivity contribution in [2.24, 2.45) is 0 Å². The van der Waals surface area contributed by atoms with E-state index < -0.39 is 32.5 Å². The number of amides is 1. The Bertz CT molecular complexity index is 1970. The van der Waals surface area contributed by atoms with Gasteiger partial charge in [-0.3, -0.25) is 9.69 Å². The minimum absolute atomic E-state index is 0.137. The summed E-state index contributed by atoms with van der Waals surface area (Å²) in [6, 6.07) is 22.0. The van der Waals surface area contributed by atoms with Crippen LogP contribution in [-0.2, 0) is 15.4 Å². The molecule has 4 heterocycles. The van der Waals surface area contributed by atoms with Crippen molar-refractivity contribution < 1.29 is 22.0 Å². The normalized spacial score (nSPS) is 24.1. The van der Waals surface area contributed by atoms with Crippen LogP contribution >= 0.6 is 0 Å². The molecule has 258 valence electrons. The highest BCUT2D eigenvalue weighted by Crippen LogP contribution is 2.45. The van der Waals surface area contributed by atoms with Gasteiger partial charge in [-0.2, -0.15) is 0 Å². The second-order valence-corrected chi connectivity index (χ2v) is 16.3. The van der Waals surface area contributed by atoms with Crippen LogP contribution in [0.4, 0.5) is 8.78 Å². The first-order valence-electron chi connectivity index (χ1n) is 17.7. The van der Waals surface area contributed by atoms with Crippen molar-refractivity contribution in [2.45, 2.75) is 99.2 Å². The second kappa shape index (κ2) is 12.6. The van der Waals surface area contributed by atoms with E-state index in [1.165, 1.54) is 23.9 Å². The minimum atomic E-state index is -4.29. The summed E-state index contributed by atoms with van der Waals surface area (Å²) in [4.78, 5) is 22.1. The maximum absolute atomic E-state index is 14.7. The SMILES string of the molecule is Cc1nc2ccccc2n1C1C[C@H]2CC[C@@H](C1)N2CCC1(c2ccccc2)CCN(C(=O)c2cc(F)c(F)c(S(=O)(=O)NC3CC3)c2)CC1. The molecule has 0 spiro atoms. The highest BCUT2D eigenvalue weighted by Gasteiger charge is 2.44. The zero-order valence-corrected chi connectivity index (χ0v) is 28.6. The fourth-order valence-corrected chi connectivity index (χ4v) is 10.4. The van der Waals surface area contributed by atoms with Gasteiger partial charge in [0.25, 0.3) is 5.91 Å². The molecule has 0 radical (unpaired) electrons. The van der Waals surface area contributed by atoms with Crippen LogP contribution in [-0.4, -0.2) is 71.4 Å². The van der Waals surface area contributed by atoms with E-state index >= 15 is 0 Å². The lowest BCUT2D eigenvalue weighted by Crippen LogP contribution is -2.49. The Morgan fingerprint density at radius 2 is 1.59 bits per heavy atom. The van der Waals surface area contributed by atoms with Gasteiger partial charge < -0.3 is 9.47 Å². The number of nitrogens with one attached hydrogen (secondary N) is 1. The molecule has 3 aromatic carbocycles. The molecule has 3 saturated heterocycles. The summed E-state index contributed by atoms with van der Waals surface area (Å²) in [5, 5.41) is 0. The molecule has 1 unspecified atom stereocenters. The summed E-state index contributed by atoms with van der Waals surface area (Å²) in [6.45, 7) is 3.98. The van der Waals surface area contributed by atoms with Crippen molar-refractivity contribution in [3.8, 4) is 0 Å². The van der Waals surface area contributed by atoms with E-state index in [2.05, 4.69) is 63.6 Å². The fraction of sp³-hybridized carbons (Fsp3) is 0.474. The standard InChI is InChI=1S/C38H43F2N5O3S/c1-25-41-33-9-5-6-10-34(33)45(25)31-23-29-13-14-30(24-31)44(29)20-17-38(27-7-3-2-4-8-27)15-18-43(19-16-38)37(46)26-21-32(39)36(40)35(22-26)49(47,48)42-28-11-12-28/h2-10,21-22,28-31,42H,11-20,23-24H2,1H3/t29-,30+,31?. The Balaban J connectivity index is 0.977. The predicted molar refractivity (Wildman–Crippen MR) is 184 cm³/mol. The second-order valence-electron chi connectivity index (χ2n) is 14.6. The molecule has 1 N–H and O–H groups in total. The summed E-state index contributed by atoms with van der Waals surface area (Å²) in [5.41, 5.74) is 3.26. The van der Waals surface area contributed by atoms with Crippen LogP contribution in [0, 0.1) is 18.6 Å². The van der Waals surface area contributed by atoms with Crippen molar-refractivity contribution in [1.29, 1.82) is 0 Å². The molecule has 2 bridgehead atoms. The first kappa shape index (κ1) is 32.5. The first-order chi connectivity index (χ1) is 23.6. The van der Waals surface area contributed by atoms with E-state index in [1.807, 2.05) is 12.1 Å². The monoisotopic (exact) mass is 687 g/mol. The average molecular weight is 688 g/mol. The minimum Gasteiger partial charge on any atom is -0.339 e. The Hall–Kier alpha value is -3.67. The summed E-state index contributed by atoms with van der Waals surface area (Å²) in [6.07, 6.45) is 8.36. The van der Waals surface area contributed by atoms with Crippen molar-refractivity contribution in [3.05, 3.63) is 95.3 Å². The number of likely N-dealkylation sites (tertiary alicyclic amines) is 1. The number of benzene rings is 3. The summed E-state index contributed by atoms with van der Waals surface area (Å²) in [5.74, 6) is -2.20. The lowest BCUT2D eigenvalue weighted by atomic mass is 9.70. The van der Waals surface area contributed by atoms with E-state index in [1.54, 1.807) is 4.90 Å². The molecular formula is C38H43F2N5O3S. The molecule has 1 aromatic heterocycles. The van der Waals surface area contributed by atoms with Gasteiger partial charge in [0.05, 0.1) is 11.0 Å². The molecule has 8 rings (SSSR count). The maximum atomic E-state index is 14.7. The molecule has 4 fully saturated rings. The number of nitrogens with zero attached hydrogens (tertiary/aromatic N) is 4. The van der Waals surface area contributed by atoms with E-state index in [0.717, 1.165) is 62.1 Å². The third-order valence-electron chi connectivity index (χ3n) is 11.7. The van der Waals surface area contributed by atoms with E-state index in [-0.39, 0.29) is 17.0 Å². The number of fused-ring (bicyclic) bond motifs is 3. The number of halogens is 2. The van der Waals surface area contributed by atoms with E-state index in [4.69, 9.17) is 4.98 Å². The largest absolute Gasteiger partial charge is 0.339 e. The summed E-state index contributed by atoms with van der Waals surface area (Å²) >= 11 is 0. The van der Waals surface area contributed by atoms with Gasteiger partial charge in [0.15, 0.2) is 11.6 Å². The third-order valence-corrected chi connectivity index (χ3v) is 13.2. The fourth-order valence-electron chi connectivity index (χ4n) is 8.95. The predicted octanol–water partition coefficient (Wildman–Crippen LogP) is 6.50. The number of rotatable bonds is 9. The third kappa shape index (κ3) is 6.08. The lowest BCUT2D eigenvalue weighted by molar-refractivity contribution is 0.0606. The zero-order chi connectivity index (χ0) is 33.9. The molecule has 4 aromatic rings. The molecule has 1 aliphatic carbocycles. The van der Waals surface area contributed by atoms with Gasteiger partial charge in [0.2, 0.25) is 10.0 Å². The molecule has 1 saturated carbocycles. The number of aryl methyl sites for hydroxylation is 1. The Kier molecular flexibility index (Phi) is 8.35. The van der Waals surface area contributed by atoms with Gasteiger partial charge in [0, 0.05) is 42.8 Å². The average Bonchev–Trinajstić information content (AvgIpc) is 3.79. The number of hydrogen-bond acceptors (Lipinski definition) is 5. The molecule has 49 heavy (non-hydrogen) atoms. The number of aromatic nitrogens is 2. The lowest BCUT2D eigenvalue weighted by Gasteiger charge is -2.45. The van der Waals surface area contributed by atoms with Crippen LogP contribution in [0.3, 0.4) is 0 Å². The van der Waals surface area contributed by atoms with Gasteiger partial charge in [-0.25, -0.2) is 26.9 Å². The van der Waals surface area contributed by atoms with Crippen molar-refractivity contribution in [1.82, 2.24) is 24.1 Å². The Morgan fingerprint density at radius 1 is 0.918 bits per heavy atom. The first-order valence-corrected chi connectivity index (χ1v) is 19.2. The molecule has 11 heteroatoms. The molecule has 1 amide bonds. The van der Waals surface area contributed by atoms with Crippen LogP contribution in [0.5, 0.6) is 0 Å². The van der Waals surface area contributed by atoms with Crippen LogP contribution < -0.4 is 4.72 Å². The highest BCUT2D eigenvalue weighted by molar-refractivity contribution is 7.89. The number of piperidine rings is 2. The number of carbonyl (C=O) groups excluding carboxylic acids is 1. The van der Waals surface area contributed by atoms with Crippen molar-refractivity contribution in [3.63, 3.8) is 0 Å². The van der Waals surface area contributed by atoms with Gasteiger partial charge >= 0.3 is 0 Å². The molecule has 8 nitrogen and oxygen atoms in total. The molecular weight excluding hydrogens is 645 g/mol. The quantitative estimate of drug-likeness (QED) is 0.217. The van der Waals surface area contributed by atoms with Crippen molar-refractivity contribution in [2.75, 3.05) is 19.6 Å². The molecule has 4 aliphatic rings. The number of sulfonamides is 1. The van der Waals surface area contributed by atoms with Gasteiger partial charge in [-0.1, -0.05) is 42.5 Å². The van der Waals surface area contributed by atoms with Crippen molar-refractivity contribution >= 4 is 27.0 Å². The number of hydrogen-bond donors (Lipinski definition) is 1. The number of carbonyl (C=O) groups is 1. The maximum Gasteiger partial charge on any atom is 0.254 e. The Labute approximate surface area is 286 Å². The smallest absolute Gasteiger partial charge is 0.254 e. The zero-order valence-electron chi connectivity index (χ0n) is 27.8. The van der Waals surface area contributed by atoms with Gasteiger partial charge in [-0.05, 0) is 106 Å². The van der Waals surface area contributed by atoms with E-state index in [0.29, 0.717) is 44.1 Å². The number of para-hydroxylation sites is 2. The van der Waals surface area contributed by atoms with Crippen LogP contribution in [0.15, 0.2) is 71.6 Å². The molecule has 3 atom stereocenters. The Morgan fingerprint density at radius 3 is 2.29 bits per heavy atom. The molecule has 3 aliphatic heterocycles. The van der Waals surface area contributed by atoms with E-state index in [9.17, 15) is 22.0 Å². The van der Waals surface area contributed by atoms with Crippen LogP contribution in [0.2, 0.25) is 0 Å². The van der Waals surface area contributed by atoms with Crippen LogP contribution in [0.25, 0.3) is 11.0 Å². The number of imidazole rings is 1. The van der Waals surface area contributed by atoms with Gasteiger partial charge in [0.1, 0.15) is 10.7 Å². The topological polar surface area (TPSA) is 87.5 Å². The summed E-state index contributed by atoms with van der Waals surface area (Å²) < 4.78 is 59.8. The van der Waals surface area contributed by atoms with Gasteiger partial charge in [-0.15, -0.1) is 0 Å². The van der Waals surface area contributed by atoms with Crippen LogP contribution in [0.1, 0.15) is 85.6 Å². The summed E-state index contributed by atoms with van der Waals surface area (Å²) in [7, 11) is -4.29.